The van der Waals surface area contributed by atoms with Crippen LogP contribution in [0.4, 0.5) is 5.95 Å². The molecular formula is C13H22N4O2. The summed E-state index contributed by atoms with van der Waals surface area (Å²) >= 11 is 0. The number of nitrogens with zero attached hydrogens (tertiary/aromatic N) is 3. The van der Waals surface area contributed by atoms with E-state index in [0.29, 0.717) is 12.3 Å². The molecule has 0 amide bonds. The van der Waals surface area contributed by atoms with E-state index < -0.39 is 0 Å². The van der Waals surface area contributed by atoms with Crippen LogP contribution in [0.5, 0.6) is 0 Å². The van der Waals surface area contributed by atoms with Gasteiger partial charge in [0.05, 0.1) is 19.1 Å². The van der Waals surface area contributed by atoms with Crippen LogP contribution in [0.1, 0.15) is 31.6 Å². The number of hydrogen-bond donors (Lipinski definition) is 1. The SMILES string of the molecule is C1CCCN(c2noc(CC3CNCCO3)n2)CC1. The molecule has 1 aromatic rings. The summed E-state index contributed by atoms with van der Waals surface area (Å²) in [5, 5.41) is 7.42. The molecule has 2 fully saturated rings. The smallest absolute Gasteiger partial charge is 0.266 e. The lowest BCUT2D eigenvalue weighted by atomic mass is 10.2. The molecule has 1 aromatic heterocycles. The molecule has 0 aliphatic carbocycles. The molecule has 1 atom stereocenters. The minimum Gasteiger partial charge on any atom is -0.375 e. The van der Waals surface area contributed by atoms with E-state index in [0.717, 1.165) is 38.7 Å². The monoisotopic (exact) mass is 266 g/mol. The Morgan fingerprint density at radius 3 is 2.79 bits per heavy atom. The fourth-order valence-electron chi connectivity index (χ4n) is 2.67. The second-order valence-corrected chi connectivity index (χ2v) is 5.29. The summed E-state index contributed by atoms with van der Waals surface area (Å²) in [6, 6.07) is 0. The molecule has 3 rings (SSSR count). The standard InChI is InChI=1S/C13H22N4O2/c1-2-4-7-17(6-3-1)13-15-12(19-16-13)9-11-10-14-5-8-18-11/h11,14H,1-10H2. The topological polar surface area (TPSA) is 63.4 Å². The van der Waals surface area contributed by atoms with Gasteiger partial charge in [-0.15, -0.1) is 0 Å². The van der Waals surface area contributed by atoms with Crippen LogP contribution in [0.25, 0.3) is 0 Å². The maximum atomic E-state index is 5.65. The quantitative estimate of drug-likeness (QED) is 0.880. The van der Waals surface area contributed by atoms with Crippen molar-refractivity contribution >= 4 is 5.95 Å². The summed E-state index contributed by atoms with van der Waals surface area (Å²) in [5.74, 6) is 1.44. The number of nitrogens with one attached hydrogen (secondary N) is 1. The van der Waals surface area contributed by atoms with Crippen LogP contribution in [-0.4, -0.2) is 49.0 Å². The van der Waals surface area contributed by atoms with Crippen molar-refractivity contribution in [2.45, 2.75) is 38.2 Å². The van der Waals surface area contributed by atoms with Gasteiger partial charge in [0.15, 0.2) is 0 Å². The summed E-state index contributed by atoms with van der Waals surface area (Å²) in [6.07, 6.45) is 5.92. The van der Waals surface area contributed by atoms with Crippen LogP contribution >= 0.6 is 0 Å². The Hall–Kier alpha value is -1.14. The average Bonchev–Trinajstić information content (AvgIpc) is 2.74. The van der Waals surface area contributed by atoms with E-state index in [4.69, 9.17) is 9.26 Å². The molecule has 0 bridgehead atoms. The van der Waals surface area contributed by atoms with E-state index in [1.54, 1.807) is 0 Å². The first-order chi connectivity index (χ1) is 9.42. The van der Waals surface area contributed by atoms with Crippen molar-refractivity contribution in [2.75, 3.05) is 37.7 Å². The largest absolute Gasteiger partial charge is 0.375 e. The highest BCUT2D eigenvalue weighted by atomic mass is 16.5. The van der Waals surface area contributed by atoms with Gasteiger partial charge in [0, 0.05) is 26.2 Å². The highest BCUT2D eigenvalue weighted by molar-refractivity contribution is 5.27. The summed E-state index contributed by atoms with van der Waals surface area (Å²) in [4.78, 5) is 6.75. The molecule has 19 heavy (non-hydrogen) atoms. The maximum absolute atomic E-state index is 5.65. The Bertz CT molecular complexity index is 382. The molecule has 3 heterocycles. The van der Waals surface area contributed by atoms with E-state index in [1.165, 1.54) is 25.7 Å². The first kappa shape index (κ1) is 12.9. The van der Waals surface area contributed by atoms with Gasteiger partial charge < -0.3 is 19.5 Å². The molecule has 6 nitrogen and oxygen atoms in total. The maximum Gasteiger partial charge on any atom is 0.266 e. The van der Waals surface area contributed by atoms with Crippen LogP contribution in [0.3, 0.4) is 0 Å². The lowest BCUT2D eigenvalue weighted by Gasteiger charge is -2.22. The Balaban J connectivity index is 1.58. The van der Waals surface area contributed by atoms with Gasteiger partial charge in [0.2, 0.25) is 5.89 Å². The van der Waals surface area contributed by atoms with Gasteiger partial charge in [-0.2, -0.15) is 4.98 Å². The van der Waals surface area contributed by atoms with Crippen molar-refractivity contribution in [2.24, 2.45) is 0 Å². The fourth-order valence-corrected chi connectivity index (χ4v) is 2.67. The first-order valence-electron chi connectivity index (χ1n) is 7.32. The van der Waals surface area contributed by atoms with E-state index >= 15 is 0 Å². The summed E-state index contributed by atoms with van der Waals surface area (Å²) in [7, 11) is 0. The van der Waals surface area contributed by atoms with Gasteiger partial charge in [-0.05, 0) is 18.0 Å². The predicted octanol–water partition coefficient (Wildman–Crippen LogP) is 0.981. The van der Waals surface area contributed by atoms with E-state index in [1.807, 2.05) is 0 Å². The third-order valence-electron chi connectivity index (χ3n) is 3.75. The Morgan fingerprint density at radius 1 is 1.21 bits per heavy atom. The summed E-state index contributed by atoms with van der Waals surface area (Å²) < 4.78 is 11.0. The third kappa shape index (κ3) is 3.45. The van der Waals surface area contributed by atoms with Gasteiger partial charge in [0.1, 0.15) is 0 Å². The Kier molecular flexibility index (Phi) is 4.30. The minimum atomic E-state index is 0.159. The second kappa shape index (κ2) is 6.34. The Labute approximate surface area is 113 Å². The van der Waals surface area contributed by atoms with E-state index in [2.05, 4.69) is 20.4 Å². The van der Waals surface area contributed by atoms with E-state index in [9.17, 15) is 0 Å². The van der Waals surface area contributed by atoms with Gasteiger partial charge in [-0.3, -0.25) is 0 Å². The fraction of sp³-hybridized carbons (Fsp3) is 0.846. The molecule has 6 heteroatoms. The first-order valence-corrected chi connectivity index (χ1v) is 7.32. The molecule has 0 radical (unpaired) electrons. The molecule has 106 valence electrons. The van der Waals surface area contributed by atoms with Crippen LogP contribution < -0.4 is 10.2 Å². The number of anilines is 1. The lowest BCUT2D eigenvalue weighted by molar-refractivity contribution is 0.0246. The van der Waals surface area contributed by atoms with Crippen LogP contribution in [0.2, 0.25) is 0 Å². The number of ether oxygens (including phenoxy) is 1. The third-order valence-corrected chi connectivity index (χ3v) is 3.75. The minimum absolute atomic E-state index is 0.159. The van der Waals surface area contributed by atoms with Crippen molar-refractivity contribution in [3.8, 4) is 0 Å². The molecule has 1 unspecified atom stereocenters. The average molecular weight is 266 g/mol. The number of morpholine rings is 1. The van der Waals surface area contributed by atoms with Crippen molar-refractivity contribution in [3.05, 3.63) is 5.89 Å². The predicted molar refractivity (Wildman–Crippen MR) is 71.3 cm³/mol. The molecule has 2 saturated heterocycles. The molecule has 0 aromatic carbocycles. The van der Waals surface area contributed by atoms with Gasteiger partial charge in [-0.25, -0.2) is 0 Å². The van der Waals surface area contributed by atoms with E-state index in [-0.39, 0.29) is 6.10 Å². The van der Waals surface area contributed by atoms with Gasteiger partial charge >= 0.3 is 0 Å². The summed E-state index contributed by atoms with van der Waals surface area (Å²) in [5.41, 5.74) is 0. The Morgan fingerprint density at radius 2 is 2.05 bits per heavy atom. The highest BCUT2D eigenvalue weighted by Gasteiger charge is 2.20. The van der Waals surface area contributed by atoms with Crippen LogP contribution in [-0.2, 0) is 11.2 Å². The van der Waals surface area contributed by atoms with Crippen LogP contribution in [0, 0.1) is 0 Å². The van der Waals surface area contributed by atoms with Crippen molar-refractivity contribution in [1.82, 2.24) is 15.5 Å². The summed E-state index contributed by atoms with van der Waals surface area (Å²) in [6.45, 7) is 4.64. The van der Waals surface area contributed by atoms with Crippen LogP contribution in [0.15, 0.2) is 4.52 Å². The van der Waals surface area contributed by atoms with Crippen molar-refractivity contribution in [1.29, 1.82) is 0 Å². The molecule has 0 saturated carbocycles. The lowest BCUT2D eigenvalue weighted by Crippen LogP contribution is -2.39. The number of rotatable bonds is 3. The number of aromatic nitrogens is 2. The van der Waals surface area contributed by atoms with Gasteiger partial charge in [-0.1, -0.05) is 12.8 Å². The molecule has 1 N–H and O–H groups in total. The number of hydrogen-bond acceptors (Lipinski definition) is 6. The molecule has 2 aliphatic rings. The molecular weight excluding hydrogens is 244 g/mol. The highest BCUT2D eigenvalue weighted by Crippen LogP contribution is 2.17. The zero-order chi connectivity index (χ0) is 12.9. The normalized spacial score (nSPS) is 25.3. The van der Waals surface area contributed by atoms with Crippen molar-refractivity contribution in [3.63, 3.8) is 0 Å². The second-order valence-electron chi connectivity index (χ2n) is 5.29. The van der Waals surface area contributed by atoms with Crippen molar-refractivity contribution < 1.29 is 9.26 Å². The zero-order valence-corrected chi connectivity index (χ0v) is 11.3. The molecule has 0 spiro atoms. The molecule has 2 aliphatic heterocycles. The van der Waals surface area contributed by atoms with Gasteiger partial charge in [0.25, 0.3) is 5.95 Å². The zero-order valence-electron chi connectivity index (χ0n) is 11.3.